The van der Waals surface area contributed by atoms with Gasteiger partial charge in [-0.2, -0.15) is 0 Å². The summed E-state index contributed by atoms with van der Waals surface area (Å²) in [5, 5.41) is 0. The van der Waals surface area contributed by atoms with E-state index in [2.05, 4.69) is 31.2 Å². The number of furan rings is 1. The summed E-state index contributed by atoms with van der Waals surface area (Å²) in [6, 6.07) is 19.8. The molecule has 1 aromatic heterocycles. The van der Waals surface area contributed by atoms with E-state index in [1.54, 1.807) is 30.5 Å². The lowest BCUT2D eigenvalue weighted by Gasteiger charge is -2.07. The van der Waals surface area contributed by atoms with Gasteiger partial charge in [0.1, 0.15) is 12.4 Å². The van der Waals surface area contributed by atoms with E-state index in [9.17, 15) is 4.79 Å². The number of benzene rings is 2. The van der Waals surface area contributed by atoms with E-state index in [1.807, 2.05) is 12.1 Å². The van der Waals surface area contributed by atoms with E-state index in [-0.39, 0.29) is 12.6 Å². The SMILES string of the molecule is CCCCCCCc1ccc(-c2ccc(C(=O)OCc3ccco3)cc2)cc1. The predicted molar refractivity (Wildman–Crippen MR) is 112 cm³/mol. The molecule has 3 aromatic rings. The molecule has 0 bridgehead atoms. The molecule has 0 fully saturated rings. The largest absolute Gasteiger partial charge is 0.466 e. The van der Waals surface area contributed by atoms with Crippen molar-refractivity contribution in [1.82, 2.24) is 0 Å². The second-order valence-corrected chi connectivity index (χ2v) is 7.09. The molecule has 0 spiro atoms. The molecule has 0 N–H and O–H groups in total. The smallest absolute Gasteiger partial charge is 0.338 e. The molecule has 3 heteroatoms. The highest BCUT2D eigenvalue weighted by atomic mass is 16.5. The van der Waals surface area contributed by atoms with Crippen molar-refractivity contribution in [3.8, 4) is 11.1 Å². The number of ether oxygens (including phenoxy) is 1. The van der Waals surface area contributed by atoms with Crippen LogP contribution in [0.15, 0.2) is 71.3 Å². The van der Waals surface area contributed by atoms with Gasteiger partial charge < -0.3 is 9.15 Å². The van der Waals surface area contributed by atoms with Gasteiger partial charge in [0, 0.05) is 0 Å². The summed E-state index contributed by atoms with van der Waals surface area (Å²) in [5.41, 5.74) is 4.18. The Bertz CT molecular complexity index is 831. The maximum absolute atomic E-state index is 12.1. The number of hydrogen-bond acceptors (Lipinski definition) is 3. The van der Waals surface area contributed by atoms with E-state index >= 15 is 0 Å². The van der Waals surface area contributed by atoms with Crippen molar-refractivity contribution >= 4 is 5.97 Å². The van der Waals surface area contributed by atoms with Crippen LogP contribution in [0.1, 0.15) is 60.7 Å². The van der Waals surface area contributed by atoms with Crippen molar-refractivity contribution in [2.45, 2.75) is 52.1 Å². The number of carbonyl (C=O) groups is 1. The molecule has 28 heavy (non-hydrogen) atoms. The van der Waals surface area contributed by atoms with Gasteiger partial charge in [-0.05, 0) is 53.8 Å². The van der Waals surface area contributed by atoms with E-state index < -0.39 is 0 Å². The summed E-state index contributed by atoms with van der Waals surface area (Å²) in [6.07, 6.45) is 9.24. The summed E-state index contributed by atoms with van der Waals surface area (Å²) >= 11 is 0. The van der Waals surface area contributed by atoms with Crippen LogP contribution in [0.5, 0.6) is 0 Å². The predicted octanol–water partition coefficient (Wildman–Crippen LogP) is 6.82. The minimum absolute atomic E-state index is 0.146. The van der Waals surface area contributed by atoms with Gasteiger partial charge in [0.05, 0.1) is 11.8 Å². The second-order valence-electron chi connectivity index (χ2n) is 7.09. The molecule has 0 unspecified atom stereocenters. The van der Waals surface area contributed by atoms with Crippen LogP contribution in [0.3, 0.4) is 0 Å². The number of rotatable bonds is 10. The van der Waals surface area contributed by atoms with Gasteiger partial charge in [0.25, 0.3) is 0 Å². The summed E-state index contributed by atoms with van der Waals surface area (Å²) in [6.45, 7) is 2.39. The summed E-state index contributed by atoms with van der Waals surface area (Å²) in [7, 11) is 0. The fourth-order valence-electron chi connectivity index (χ4n) is 3.21. The van der Waals surface area contributed by atoms with Crippen LogP contribution in [0.25, 0.3) is 11.1 Å². The van der Waals surface area contributed by atoms with Gasteiger partial charge in [0.2, 0.25) is 0 Å². The Morgan fingerprint density at radius 1 is 0.857 bits per heavy atom. The van der Waals surface area contributed by atoms with E-state index in [1.165, 1.54) is 37.7 Å². The van der Waals surface area contributed by atoms with Gasteiger partial charge in [0.15, 0.2) is 0 Å². The highest BCUT2D eigenvalue weighted by Gasteiger charge is 2.09. The van der Waals surface area contributed by atoms with Crippen LogP contribution in [-0.2, 0) is 17.8 Å². The summed E-state index contributed by atoms with van der Waals surface area (Å²) in [5.74, 6) is 0.289. The van der Waals surface area contributed by atoms with Gasteiger partial charge in [-0.25, -0.2) is 4.79 Å². The number of carbonyl (C=O) groups excluding carboxylic acids is 1. The molecule has 0 amide bonds. The van der Waals surface area contributed by atoms with Crippen LogP contribution < -0.4 is 0 Å². The highest BCUT2D eigenvalue weighted by molar-refractivity contribution is 5.90. The molecule has 0 atom stereocenters. The molecule has 0 radical (unpaired) electrons. The fourth-order valence-corrected chi connectivity index (χ4v) is 3.21. The van der Waals surface area contributed by atoms with Crippen molar-refractivity contribution in [2.24, 2.45) is 0 Å². The van der Waals surface area contributed by atoms with E-state index in [0.717, 1.165) is 17.5 Å². The lowest BCUT2D eigenvalue weighted by molar-refractivity contribution is 0.0445. The zero-order chi connectivity index (χ0) is 19.6. The van der Waals surface area contributed by atoms with Crippen LogP contribution in [0, 0.1) is 0 Å². The van der Waals surface area contributed by atoms with Gasteiger partial charge in [-0.1, -0.05) is 69.0 Å². The molecule has 0 aliphatic carbocycles. The van der Waals surface area contributed by atoms with Crippen LogP contribution in [-0.4, -0.2) is 5.97 Å². The molecule has 1 heterocycles. The Hall–Kier alpha value is -2.81. The zero-order valence-corrected chi connectivity index (χ0v) is 16.5. The first-order valence-electron chi connectivity index (χ1n) is 10.1. The van der Waals surface area contributed by atoms with E-state index in [4.69, 9.17) is 9.15 Å². The Labute approximate surface area is 167 Å². The zero-order valence-electron chi connectivity index (χ0n) is 16.5. The Morgan fingerprint density at radius 3 is 2.18 bits per heavy atom. The van der Waals surface area contributed by atoms with Gasteiger partial charge in [-0.3, -0.25) is 0 Å². The third-order valence-corrected chi connectivity index (χ3v) is 4.90. The van der Waals surface area contributed by atoms with Crippen molar-refractivity contribution in [2.75, 3.05) is 0 Å². The minimum atomic E-state index is -0.346. The van der Waals surface area contributed by atoms with Crippen LogP contribution >= 0.6 is 0 Å². The first kappa shape index (κ1) is 19.9. The molecule has 0 aliphatic heterocycles. The Morgan fingerprint density at radius 2 is 1.54 bits per heavy atom. The Balaban J connectivity index is 1.52. The quantitative estimate of drug-likeness (QED) is 0.288. The molecule has 0 saturated carbocycles. The number of unbranched alkanes of at least 4 members (excludes halogenated alkanes) is 4. The number of esters is 1. The van der Waals surface area contributed by atoms with Gasteiger partial charge in [-0.15, -0.1) is 0 Å². The van der Waals surface area contributed by atoms with Crippen molar-refractivity contribution < 1.29 is 13.9 Å². The minimum Gasteiger partial charge on any atom is -0.466 e. The lowest BCUT2D eigenvalue weighted by atomic mass is 10.00. The van der Waals surface area contributed by atoms with Crippen LogP contribution in [0.4, 0.5) is 0 Å². The molecular formula is C25H28O3. The van der Waals surface area contributed by atoms with E-state index in [0.29, 0.717) is 11.3 Å². The molecular weight excluding hydrogens is 348 g/mol. The molecule has 0 aliphatic rings. The summed E-state index contributed by atoms with van der Waals surface area (Å²) in [4.78, 5) is 12.1. The monoisotopic (exact) mass is 376 g/mol. The van der Waals surface area contributed by atoms with Gasteiger partial charge >= 0.3 is 5.97 Å². The lowest BCUT2D eigenvalue weighted by Crippen LogP contribution is -2.04. The fraction of sp³-hybridized carbons (Fsp3) is 0.320. The van der Waals surface area contributed by atoms with Crippen molar-refractivity contribution in [1.29, 1.82) is 0 Å². The standard InChI is InChI=1S/C25H28O3/c1-2-3-4-5-6-8-20-10-12-21(13-11-20)22-14-16-23(17-15-22)25(26)28-19-24-9-7-18-27-24/h7,9-18H,2-6,8,19H2,1H3. The number of aryl methyl sites for hydroxylation is 1. The molecule has 146 valence electrons. The second kappa shape index (κ2) is 10.5. The third kappa shape index (κ3) is 5.85. The number of hydrogen-bond donors (Lipinski definition) is 0. The molecule has 0 saturated heterocycles. The maximum Gasteiger partial charge on any atom is 0.338 e. The average molecular weight is 376 g/mol. The topological polar surface area (TPSA) is 39.4 Å². The first-order valence-corrected chi connectivity index (χ1v) is 10.1. The van der Waals surface area contributed by atoms with Crippen molar-refractivity contribution in [3.63, 3.8) is 0 Å². The highest BCUT2D eigenvalue weighted by Crippen LogP contribution is 2.21. The molecule has 3 rings (SSSR count). The maximum atomic E-state index is 12.1. The first-order chi connectivity index (χ1) is 13.8. The van der Waals surface area contributed by atoms with Crippen LogP contribution in [0.2, 0.25) is 0 Å². The third-order valence-electron chi connectivity index (χ3n) is 4.90. The summed E-state index contributed by atoms with van der Waals surface area (Å²) < 4.78 is 10.4. The normalized spacial score (nSPS) is 10.8. The Kier molecular flexibility index (Phi) is 7.48. The van der Waals surface area contributed by atoms with Crippen molar-refractivity contribution in [3.05, 3.63) is 83.8 Å². The molecule has 3 nitrogen and oxygen atoms in total. The molecule has 2 aromatic carbocycles. The average Bonchev–Trinajstić information content (AvgIpc) is 3.26.